The lowest BCUT2D eigenvalue weighted by molar-refractivity contribution is 0.0362. The van der Waals surface area contributed by atoms with E-state index in [2.05, 4.69) is 15.9 Å². The third-order valence-electron chi connectivity index (χ3n) is 2.67. The number of aliphatic hydroxyl groups excluding tert-OH is 1. The number of hydrogen-bond donors (Lipinski definition) is 2. The van der Waals surface area contributed by atoms with Gasteiger partial charge in [0.25, 0.3) is 5.91 Å². The maximum atomic E-state index is 12.0. The molecule has 2 rings (SSSR count). The third kappa shape index (κ3) is 2.20. The highest BCUT2D eigenvalue weighted by Crippen LogP contribution is 2.22. The lowest BCUT2D eigenvalue weighted by Crippen LogP contribution is -2.51. The van der Waals surface area contributed by atoms with E-state index in [0.717, 1.165) is 4.47 Å². The van der Waals surface area contributed by atoms with Crippen LogP contribution < -0.4 is 5.73 Å². The molecule has 0 unspecified atom stereocenters. The van der Waals surface area contributed by atoms with Crippen LogP contribution in [0.1, 0.15) is 10.4 Å². The SMILES string of the molecule is Nc1cc(Br)cc(C(=O)N2CC(CO)C2)c1. The largest absolute Gasteiger partial charge is 0.399 e. The molecule has 0 spiro atoms. The minimum atomic E-state index is -0.0299. The maximum absolute atomic E-state index is 12.0. The molecule has 1 aromatic rings. The van der Waals surface area contributed by atoms with E-state index in [1.54, 1.807) is 23.1 Å². The molecule has 5 heteroatoms. The van der Waals surface area contributed by atoms with Crippen molar-refractivity contribution in [3.05, 3.63) is 28.2 Å². The molecule has 0 saturated carbocycles. The van der Waals surface area contributed by atoms with Gasteiger partial charge in [-0.05, 0) is 18.2 Å². The molecule has 1 fully saturated rings. The van der Waals surface area contributed by atoms with E-state index in [-0.39, 0.29) is 18.4 Å². The van der Waals surface area contributed by atoms with Gasteiger partial charge in [-0.3, -0.25) is 4.79 Å². The van der Waals surface area contributed by atoms with Crippen LogP contribution in [-0.2, 0) is 0 Å². The number of benzene rings is 1. The van der Waals surface area contributed by atoms with Crippen LogP contribution in [0.4, 0.5) is 5.69 Å². The summed E-state index contributed by atoms with van der Waals surface area (Å²) in [6, 6.07) is 5.17. The van der Waals surface area contributed by atoms with Gasteiger partial charge in [0.2, 0.25) is 0 Å². The Kier molecular flexibility index (Phi) is 3.16. The van der Waals surface area contributed by atoms with Gasteiger partial charge in [-0.1, -0.05) is 15.9 Å². The summed E-state index contributed by atoms with van der Waals surface area (Å²) in [5.41, 5.74) is 6.82. The summed E-state index contributed by atoms with van der Waals surface area (Å²) in [4.78, 5) is 13.7. The number of nitrogens with two attached hydrogens (primary N) is 1. The summed E-state index contributed by atoms with van der Waals surface area (Å²) in [6.07, 6.45) is 0. The Morgan fingerprint density at radius 3 is 2.75 bits per heavy atom. The highest BCUT2D eigenvalue weighted by molar-refractivity contribution is 9.10. The number of hydrogen-bond acceptors (Lipinski definition) is 3. The second kappa shape index (κ2) is 4.43. The molecule has 1 amide bonds. The number of carbonyl (C=O) groups excluding carboxylic acids is 1. The Morgan fingerprint density at radius 2 is 2.19 bits per heavy atom. The van der Waals surface area contributed by atoms with Crippen molar-refractivity contribution in [2.24, 2.45) is 5.92 Å². The number of nitrogens with zero attached hydrogens (tertiary/aromatic N) is 1. The predicted octanol–water partition coefficient (Wildman–Crippen LogP) is 1.10. The van der Waals surface area contributed by atoms with Crippen molar-refractivity contribution < 1.29 is 9.90 Å². The molecule has 0 radical (unpaired) electrons. The van der Waals surface area contributed by atoms with Crippen molar-refractivity contribution in [1.29, 1.82) is 0 Å². The van der Waals surface area contributed by atoms with Crippen molar-refractivity contribution in [2.75, 3.05) is 25.4 Å². The minimum absolute atomic E-state index is 0.0299. The average Bonchev–Trinajstić information content (AvgIpc) is 2.14. The zero-order valence-corrected chi connectivity index (χ0v) is 10.3. The first-order valence-electron chi connectivity index (χ1n) is 5.06. The van der Waals surface area contributed by atoms with Crippen molar-refractivity contribution >= 4 is 27.5 Å². The molecule has 4 nitrogen and oxygen atoms in total. The number of amides is 1. The van der Waals surface area contributed by atoms with Gasteiger partial charge < -0.3 is 15.7 Å². The Hall–Kier alpha value is -1.07. The van der Waals surface area contributed by atoms with E-state index >= 15 is 0 Å². The zero-order valence-electron chi connectivity index (χ0n) is 8.69. The molecule has 0 aliphatic carbocycles. The van der Waals surface area contributed by atoms with Crippen LogP contribution in [0, 0.1) is 5.92 Å². The van der Waals surface area contributed by atoms with Crippen molar-refractivity contribution in [1.82, 2.24) is 4.90 Å². The third-order valence-corrected chi connectivity index (χ3v) is 3.13. The van der Waals surface area contributed by atoms with Gasteiger partial charge in [0.05, 0.1) is 0 Å². The fourth-order valence-corrected chi connectivity index (χ4v) is 2.28. The Bertz CT molecular complexity index is 396. The number of anilines is 1. The smallest absolute Gasteiger partial charge is 0.253 e. The summed E-state index contributed by atoms with van der Waals surface area (Å²) in [7, 11) is 0. The molecular formula is C11H13BrN2O2. The highest BCUT2D eigenvalue weighted by atomic mass is 79.9. The van der Waals surface area contributed by atoms with Gasteiger partial charge in [0.1, 0.15) is 0 Å². The quantitative estimate of drug-likeness (QED) is 0.799. The Morgan fingerprint density at radius 1 is 1.50 bits per heavy atom. The van der Waals surface area contributed by atoms with Crippen LogP contribution in [-0.4, -0.2) is 35.6 Å². The summed E-state index contributed by atoms with van der Waals surface area (Å²) >= 11 is 3.31. The fraction of sp³-hybridized carbons (Fsp3) is 0.364. The van der Waals surface area contributed by atoms with Gasteiger partial charge >= 0.3 is 0 Å². The molecule has 1 saturated heterocycles. The molecule has 16 heavy (non-hydrogen) atoms. The van der Waals surface area contributed by atoms with E-state index < -0.39 is 0 Å². The summed E-state index contributed by atoms with van der Waals surface area (Å²) < 4.78 is 0.801. The second-order valence-electron chi connectivity index (χ2n) is 4.03. The maximum Gasteiger partial charge on any atom is 0.253 e. The summed E-state index contributed by atoms with van der Waals surface area (Å²) in [5, 5.41) is 8.88. The molecule has 1 aromatic carbocycles. The fourth-order valence-electron chi connectivity index (χ4n) is 1.77. The van der Waals surface area contributed by atoms with E-state index in [4.69, 9.17) is 10.8 Å². The van der Waals surface area contributed by atoms with E-state index in [0.29, 0.717) is 24.3 Å². The van der Waals surface area contributed by atoms with Crippen LogP contribution in [0.2, 0.25) is 0 Å². The molecule has 1 aliphatic rings. The molecule has 0 aromatic heterocycles. The lowest BCUT2D eigenvalue weighted by atomic mass is 10.00. The normalized spacial score (nSPS) is 16.0. The van der Waals surface area contributed by atoms with E-state index in [9.17, 15) is 4.79 Å². The molecule has 1 heterocycles. The summed E-state index contributed by atoms with van der Waals surface area (Å²) in [5.74, 6) is 0.200. The van der Waals surface area contributed by atoms with Crippen molar-refractivity contribution in [2.45, 2.75) is 0 Å². The van der Waals surface area contributed by atoms with Crippen LogP contribution in [0.25, 0.3) is 0 Å². The number of carbonyl (C=O) groups is 1. The first-order valence-corrected chi connectivity index (χ1v) is 5.85. The average molecular weight is 285 g/mol. The molecule has 86 valence electrons. The zero-order chi connectivity index (χ0) is 11.7. The van der Waals surface area contributed by atoms with Gasteiger partial charge in [-0.2, -0.15) is 0 Å². The minimum Gasteiger partial charge on any atom is -0.399 e. The summed E-state index contributed by atoms with van der Waals surface area (Å²) in [6.45, 7) is 1.40. The van der Waals surface area contributed by atoms with E-state index in [1.807, 2.05) is 0 Å². The monoisotopic (exact) mass is 284 g/mol. The topological polar surface area (TPSA) is 66.6 Å². The van der Waals surface area contributed by atoms with Crippen LogP contribution >= 0.6 is 15.9 Å². The van der Waals surface area contributed by atoms with Gasteiger partial charge in [0.15, 0.2) is 0 Å². The number of likely N-dealkylation sites (tertiary alicyclic amines) is 1. The van der Waals surface area contributed by atoms with Crippen molar-refractivity contribution in [3.8, 4) is 0 Å². The highest BCUT2D eigenvalue weighted by Gasteiger charge is 2.30. The predicted molar refractivity (Wildman–Crippen MR) is 65.0 cm³/mol. The molecular weight excluding hydrogens is 272 g/mol. The Balaban J connectivity index is 2.10. The molecule has 0 atom stereocenters. The van der Waals surface area contributed by atoms with Crippen LogP contribution in [0.5, 0.6) is 0 Å². The molecule has 0 bridgehead atoms. The van der Waals surface area contributed by atoms with Gasteiger partial charge in [-0.25, -0.2) is 0 Å². The number of rotatable bonds is 2. The van der Waals surface area contributed by atoms with Crippen LogP contribution in [0.3, 0.4) is 0 Å². The van der Waals surface area contributed by atoms with E-state index in [1.165, 1.54) is 0 Å². The van der Waals surface area contributed by atoms with Crippen LogP contribution in [0.15, 0.2) is 22.7 Å². The standard InChI is InChI=1S/C11H13BrN2O2/c12-9-1-8(2-10(13)3-9)11(16)14-4-7(5-14)6-15/h1-3,7,15H,4-6,13H2. The first-order chi connectivity index (χ1) is 7.60. The second-order valence-corrected chi connectivity index (χ2v) is 4.95. The number of halogens is 1. The van der Waals surface area contributed by atoms with Gasteiger partial charge in [0, 0.05) is 41.3 Å². The Labute approximate surface area is 102 Å². The molecule has 3 N–H and O–H groups in total. The molecule has 1 aliphatic heterocycles. The van der Waals surface area contributed by atoms with Crippen molar-refractivity contribution in [3.63, 3.8) is 0 Å². The number of aliphatic hydroxyl groups is 1. The van der Waals surface area contributed by atoms with Gasteiger partial charge in [-0.15, -0.1) is 0 Å². The first kappa shape index (κ1) is 11.4. The lowest BCUT2D eigenvalue weighted by Gasteiger charge is -2.38. The number of nitrogen functional groups attached to an aromatic ring is 1.